The van der Waals surface area contributed by atoms with Crippen LogP contribution in [0.3, 0.4) is 0 Å². The molecule has 0 aliphatic rings. The third-order valence-corrected chi connectivity index (χ3v) is 3.64. The van der Waals surface area contributed by atoms with Crippen molar-refractivity contribution in [1.29, 1.82) is 0 Å². The highest BCUT2D eigenvalue weighted by Crippen LogP contribution is 2.23. The second kappa shape index (κ2) is 8.31. The molecule has 1 N–H and O–H groups in total. The molecule has 0 aliphatic heterocycles. The molecule has 0 aliphatic carbocycles. The van der Waals surface area contributed by atoms with Crippen molar-refractivity contribution >= 4 is 11.6 Å². The van der Waals surface area contributed by atoms with Crippen molar-refractivity contribution in [3.63, 3.8) is 0 Å². The smallest absolute Gasteiger partial charge is 0.289 e. The van der Waals surface area contributed by atoms with Crippen molar-refractivity contribution < 1.29 is 14.6 Å². The van der Waals surface area contributed by atoms with Gasteiger partial charge in [0.05, 0.1) is 23.9 Å². The third-order valence-electron chi connectivity index (χ3n) is 3.30. The monoisotopic (exact) mass is 367 g/mol. The molecule has 0 bridgehead atoms. The zero-order valence-electron chi connectivity index (χ0n) is 14.5. The van der Waals surface area contributed by atoms with Crippen LogP contribution in [0.4, 0.5) is 0 Å². The van der Waals surface area contributed by atoms with Crippen LogP contribution in [0.1, 0.15) is 32.8 Å². The standard InChI is InChI=1S/C17H22ClN3O4/c1-17(2,3)21-16(23)14(18)13(10-20-21)25-11-12-6-4-7-19-15(12)24-9-5-8-22/h4,6-7,10,22H,5,8-9,11H2,1-3H3. The quantitative estimate of drug-likeness (QED) is 0.756. The summed E-state index contributed by atoms with van der Waals surface area (Å²) in [5, 5.41) is 12.9. The van der Waals surface area contributed by atoms with E-state index < -0.39 is 11.1 Å². The van der Waals surface area contributed by atoms with Crippen LogP contribution in [0, 0.1) is 0 Å². The Morgan fingerprint density at radius 3 is 2.76 bits per heavy atom. The summed E-state index contributed by atoms with van der Waals surface area (Å²) >= 11 is 6.14. The highest BCUT2D eigenvalue weighted by atomic mass is 35.5. The number of rotatable bonds is 7. The average molecular weight is 368 g/mol. The van der Waals surface area contributed by atoms with Gasteiger partial charge < -0.3 is 14.6 Å². The summed E-state index contributed by atoms with van der Waals surface area (Å²) in [6.07, 6.45) is 3.55. The first-order valence-electron chi connectivity index (χ1n) is 7.93. The average Bonchev–Trinajstić information content (AvgIpc) is 2.56. The van der Waals surface area contributed by atoms with Crippen molar-refractivity contribution in [2.75, 3.05) is 13.2 Å². The fourth-order valence-corrected chi connectivity index (χ4v) is 2.23. The lowest BCUT2D eigenvalue weighted by Crippen LogP contribution is -2.36. The van der Waals surface area contributed by atoms with E-state index in [1.165, 1.54) is 10.9 Å². The summed E-state index contributed by atoms with van der Waals surface area (Å²) in [4.78, 5) is 16.5. The van der Waals surface area contributed by atoms with Gasteiger partial charge in [-0.3, -0.25) is 4.79 Å². The summed E-state index contributed by atoms with van der Waals surface area (Å²) in [6.45, 7) is 6.12. The number of ether oxygens (including phenoxy) is 2. The van der Waals surface area contributed by atoms with Crippen LogP contribution in [0.2, 0.25) is 5.02 Å². The van der Waals surface area contributed by atoms with Gasteiger partial charge in [-0.2, -0.15) is 5.10 Å². The second-order valence-electron chi connectivity index (χ2n) is 6.39. The number of halogens is 1. The fourth-order valence-electron chi connectivity index (χ4n) is 2.05. The van der Waals surface area contributed by atoms with E-state index in [1.807, 2.05) is 20.8 Å². The number of aromatic nitrogens is 3. The molecule has 25 heavy (non-hydrogen) atoms. The molecular weight excluding hydrogens is 346 g/mol. The van der Waals surface area contributed by atoms with Crippen molar-refractivity contribution in [2.45, 2.75) is 39.3 Å². The molecule has 0 atom stereocenters. The topological polar surface area (TPSA) is 86.5 Å². The van der Waals surface area contributed by atoms with Gasteiger partial charge >= 0.3 is 0 Å². The van der Waals surface area contributed by atoms with Gasteiger partial charge in [0.1, 0.15) is 6.61 Å². The van der Waals surface area contributed by atoms with Gasteiger partial charge in [0.15, 0.2) is 10.8 Å². The van der Waals surface area contributed by atoms with Crippen molar-refractivity contribution in [2.24, 2.45) is 0 Å². The van der Waals surface area contributed by atoms with E-state index in [1.54, 1.807) is 18.3 Å². The van der Waals surface area contributed by atoms with Gasteiger partial charge in [0.2, 0.25) is 5.88 Å². The number of hydrogen-bond acceptors (Lipinski definition) is 6. The molecule has 0 fully saturated rings. The summed E-state index contributed by atoms with van der Waals surface area (Å²) in [5.74, 6) is 0.625. The maximum absolute atomic E-state index is 12.3. The Kier molecular flexibility index (Phi) is 6.39. The number of aliphatic hydroxyl groups is 1. The van der Waals surface area contributed by atoms with Crippen LogP contribution in [0.15, 0.2) is 29.3 Å². The van der Waals surface area contributed by atoms with Crippen LogP contribution >= 0.6 is 11.6 Å². The molecule has 136 valence electrons. The highest BCUT2D eigenvalue weighted by molar-refractivity contribution is 6.31. The zero-order chi connectivity index (χ0) is 18.4. The maximum atomic E-state index is 12.3. The van der Waals surface area contributed by atoms with E-state index in [4.69, 9.17) is 26.2 Å². The Morgan fingerprint density at radius 1 is 1.32 bits per heavy atom. The lowest BCUT2D eigenvalue weighted by atomic mass is 10.1. The van der Waals surface area contributed by atoms with Gasteiger partial charge in [-0.1, -0.05) is 11.6 Å². The molecule has 0 saturated heterocycles. The van der Waals surface area contributed by atoms with Crippen LogP contribution in [-0.2, 0) is 12.1 Å². The Bertz CT molecular complexity index is 771. The lowest BCUT2D eigenvalue weighted by molar-refractivity contribution is 0.223. The van der Waals surface area contributed by atoms with Crippen LogP contribution < -0.4 is 15.0 Å². The molecule has 0 spiro atoms. The minimum atomic E-state index is -0.476. The summed E-state index contributed by atoms with van der Waals surface area (Å²) in [6, 6.07) is 3.56. The molecule has 8 heteroatoms. The highest BCUT2D eigenvalue weighted by Gasteiger charge is 2.20. The van der Waals surface area contributed by atoms with Crippen molar-refractivity contribution in [1.82, 2.24) is 14.8 Å². The Morgan fingerprint density at radius 2 is 2.08 bits per heavy atom. The molecule has 2 aromatic heterocycles. The van der Waals surface area contributed by atoms with E-state index in [0.29, 0.717) is 24.5 Å². The molecule has 2 rings (SSSR count). The molecular formula is C17H22ClN3O4. The maximum Gasteiger partial charge on any atom is 0.289 e. The molecule has 2 heterocycles. The molecule has 0 amide bonds. The predicted molar refractivity (Wildman–Crippen MR) is 94.3 cm³/mol. The van der Waals surface area contributed by atoms with E-state index in [2.05, 4.69) is 10.1 Å². The molecule has 7 nitrogen and oxygen atoms in total. The van der Waals surface area contributed by atoms with E-state index in [9.17, 15) is 4.79 Å². The number of pyridine rings is 1. The SMILES string of the molecule is CC(C)(C)n1ncc(OCc2cccnc2OCCCO)c(Cl)c1=O. The van der Waals surface area contributed by atoms with Crippen LogP contribution in [0.5, 0.6) is 11.6 Å². The Balaban J connectivity index is 2.15. The first-order chi connectivity index (χ1) is 11.8. The lowest BCUT2D eigenvalue weighted by Gasteiger charge is -2.21. The molecule has 0 saturated carbocycles. The Labute approximate surface area is 151 Å². The van der Waals surface area contributed by atoms with Gasteiger partial charge in [-0.25, -0.2) is 9.67 Å². The normalized spacial score (nSPS) is 11.4. The minimum Gasteiger partial charge on any atom is -0.485 e. The largest absolute Gasteiger partial charge is 0.485 e. The minimum absolute atomic E-state index is 0.0171. The van der Waals surface area contributed by atoms with Gasteiger partial charge in [-0.15, -0.1) is 0 Å². The fraction of sp³-hybridized carbons (Fsp3) is 0.471. The van der Waals surface area contributed by atoms with Gasteiger partial charge in [0.25, 0.3) is 5.56 Å². The number of nitrogens with zero attached hydrogens (tertiary/aromatic N) is 3. The molecule has 2 aromatic rings. The van der Waals surface area contributed by atoms with E-state index >= 15 is 0 Å². The molecule has 0 radical (unpaired) electrons. The van der Waals surface area contributed by atoms with E-state index in [0.717, 1.165) is 0 Å². The van der Waals surface area contributed by atoms with E-state index in [-0.39, 0.29) is 24.0 Å². The number of aliphatic hydroxyl groups excluding tert-OH is 1. The van der Waals surface area contributed by atoms with Crippen molar-refractivity contribution in [3.8, 4) is 11.6 Å². The van der Waals surface area contributed by atoms with Crippen LogP contribution in [0.25, 0.3) is 0 Å². The Hall–Kier alpha value is -2.12. The zero-order valence-corrected chi connectivity index (χ0v) is 15.3. The van der Waals surface area contributed by atoms with Gasteiger partial charge in [0, 0.05) is 19.2 Å². The second-order valence-corrected chi connectivity index (χ2v) is 6.77. The third kappa shape index (κ3) is 4.93. The summed E-state index contributed by atoms with van der Waals surface area (Å²) < 4.78 is 12.5. The van der Waals surface area contributed by atoms with Crippen molar-refractivity contribution in [3.05, 3.63) is 45.5 Å². The summed E-state index contributed by atoms with van der Waals surface area (Å²) in [7, 11) is 0. The summed E-state index contributed by atoms with van der Waals surface area (Å²) in [5.41, 5.74) is -0.176. The first kappa shape index (κ1) is 19.2. The van der Waals surface area contributed by atoms with Crippen LogP contribution in [-0.4, -0.2) is 33.1 Å². The predicted octanol–water partition coefficient (Wildman–Crippen LogP) is 2.39. The first-order valence-corrected chi connectivity index (χ1v) is 8.31. The van der Waals surface area contributed by atoms with Gasteiger partial charge in [-0.05, 0) is 32.9 Å². The molecule has 0 unspecified atom stereocenters. The number of hydrogen-bond donors (Lipinski definition) is 1. The molecule has 0 aromatic carbocycles.